The molecular weight excluding hydrogens is 406 g/mol. The van der Waals surface area contributed by atoms with Crippen LogP contribution in [0.25, 0.3) is 21.8 Å². The predicted molar refractivity (Wildman–Crippen MR) is 123 cm³/mol. The molecule has 32 heavy (non-hydrogen) atoms. The number of rotatable bonds is 7. The Kier molecular flexibility index (Phi) is 6.07. The van der Waals surface area contributed by atoms with Crippen molar-refractivity contribution in [2.45, 2.75) is 20.3 Å². The minimum Gasteiger partial charge on any atom is -0.497 e. The Morgan fingerprint density at radius 3 is 2.66 bits per heavy atom. The van der Waals surface area contributed by atoms with E-state index >= 15 is 0 Å². The quantitative estimate of drug-likeness (QED) is 0.428. The van der Waals surface area contributed by atoms with Crippen molar-refractivity contribution >= 4 is 33.7 Å². The lowest BCUT2D eigenvalue weighted by atomic mass is 10.0. The Morgan fingerprint density at radius 1 is 1.06 bits per heavy atom. The molecule has 0 spiro atoms. The molecule has 0 unspecified atom stereocenters. The van der Waals surface area contributed by atoms with Crippen LogP contribution in [-0.4, -0.2) is 42.1 Å². The number of hydrogen-bond donors (Lipinski definition) is 2. The summed E-state index contributed by atoms with van der Waals surface area (Å²) in [6, 6.07) is 14.9. The van der Waals surface area contributed by atoms with Gasteiger partial charge in [-0.2, -0.15) is 0 Å². The molecule has 2 N–H and O–H groups in total. The number of nitrogens with one attached hydrogen (secondary N) is 2. The van der Waals surface area contributed by atoms with Crippen molar-refractivity contribution in [1.82, 2.24) is 15.3 Å². The van der Waals surface area contributed by atoms with E-state index in [1.165, 1.54) is 6.07 Å². The lowest BCUT2D eigenvalue weighted by molar-refractivity contribution is 0.0519. The Morgan fingerprint density at radius 2 is 1.88 bits per heavy atom. The molecule has 7 heteroatoms. The van der Waals surface area contributed by atoms with Gasteiger partial charge in [0.1, 0.15) is 17.1 Å². The Bertz CT molecular complexity index is 1310. The second-order valence-corrected chi connectivity index (χ2v) is 7.44. The number of amides is 1. The summed E-state index contributed by atoms with van der Waals surface area (Å²) >= 11 is 0. The van der Waals surface area contributed by atoms with Crippen LogP contribution in [0.5, 0.6) is 5.75 Å². The average Bonchev–Trinajstić information content (AvgIpc) is 3.19. The third kappa shape index (κ3) is 4.14. The van der Waals surface area contributed by atoms with Crippen molar-refractivity contribution in [1.29, 1.82) is 0 Å². The maximum absolute atomic E-state index is 12.5. The zero-order valence-electron chi connectivity index (χ0n) is 18.3. The van der Waals surface area contributed by atoms with Crippen molar-refractivity contribution in [2.24, 2.45) is 0 Å². The molecule has 2 heterocycles. The first-order chi connectivity index (χ1) is 15.5. The van der Waals surface area contributed by atoms with Crippen LogP contribution < -0.4 is 10.1 Å². The molecule has 0 radical (unpaired) electrons. The minimum atomic E-state index is -0.540. The van der Waals surface area contributed by atoms with Crippen LogP contribution in [0.15, 0.2) is 48.5 Å². The molecule has 0 saturated heterocycles. The van der Waals surface area contributed by atoms with Crippen molar-refractivity contribution in [3.63, 3.8) is 0 Å². The summed E-state index contributed by atoms with van der Waals surface area (Å²) in [5.74, 6) is -0.0434. The summed E-state index contributed by atoms with van der Waals surface area (Å²) in [6.45, 7) is 4.51. The number of carbonyl (C=O) groups excluding carboxylic acids is 2. The summed E-state index contributed by atoms with van der Waals surface area (Å²) in [4.78, 5) is 31.9. The normalized spacial score (nSPS) is 11.0. The van der Waals surface area contributed by atoms with E-state index in [2.05, 4.69) is 34.3 Å². The number of aromatic amines is 1. The Balaban J connectivity index is 1.47. The van der Waals surface area contributed by atoms with E-state index in [4.69, 9.17) is 9.47 Å². The SMILES string of the molecule is CCOC(=O)c1cccc(C(=O)NCCc2ccc3c([nH]c4ccc(OC)cc43)c2C)n1. The average molecular weight is 431 g/mol. The highest BCUT2D eigenvalue weighted by molar-refractivity contribution is 6.09. The molecule has 0 atom stereocenters. The van der Waals surface area contributed by atoms with Crippen LogP contribution >= 0.6 is 0 Å². The van der Waals surface area contributed by atoms with Crippen molar-refractivity contribution in [2.75, 3.05) is 20.3 Å². The first kappa shape index (κ1) is 21.4. The highest BCUT2D eigenvalue weighted by Crippen LogP contribution is 2.31. The Labute approximate surface area is 185 Å². The molecule has 0 fully saturated rings. The fourth-order valence-electron chi connectivity index (χ4n) is 3.81. The Hall–Kier alpha value is -3.87. The van der Waals surface area contributed by atoms with Gasteiger partial charge in [-0.1, -0.05) is 18.2 Å². The summed E-state index contributed by atoms with van der Waals surface area (Å²) < 4.78 is 10.3. The van der Waals surface area contributed by atoms with Crippen LogP contribution in [0.1, 0.15) is 39.0 Å². The van der Waals surface area contributed by atoms with Gasteiger partial charge in [0, 0.05) is 28.4 Å². The number of pyridine rings is 1. The van der Waals surface area contributed by atoms with Crippen LogP contribution in [0, 0.1) is 6.92 Å². The number of carbonyl (C=O) groups is 2. The number of esters is 1. The van der Waals surface area contributed by atoms with Crippen molar-refractivity contribution in [3.05, 3.63) is 71.0 Å². The molecule has 7 nitrogen and oxygen atoms in total. The van der Waals surface area contributed by atoms with Gasteiger partial charge < -0.3 is 19.8 Å². The smallest absolute Gasteiger partial charge is 0.356 e. The fourth-order valence-corrected chi connectivity index (χ4v) is 3.81. The van der Waals surface area contributed by atoms with Crippen LogP contribution in [0.2, 0.25) is 0 Å². The number of methoxy groups -OCH3 is 1. The van der Waals surface area contributed by atoms with E-state index in [9.17, 15) is 9.59 Å². The highest BCUT2D eigenvalue weighted by Gasteiger charge is 2.14. The molecule has 2 aromatic carbocycles. The monoisotopic (exact) mass is 431 g/mol. The molecule has 0 aliphatic carbocycles. The summed E-state index contributed by atoms with van der Waals surface area (Å²) in [6.07, 6.45) is 0.670. The second kappa shape index (κ2) is 9.09. The van der Waals surface area contributed by atoms with Gasteiger partial charge >= 0.3 is 5.97 Å². The number of aromatic nitrogens is 2. The summed E-state index contributed by atoms with van der Waals surface area (Å²) in [5.41, 5.74) is 4.74. The number of aryl methyl sites for hydroxylation is 1. The first-order valence-electron chi connectivity index (χ1n) is 10.5. The van der Waals surface area contributed by atoms with E-state index in [0.717, 1.165) is 38.7 Å². The van der Waals surface area contributed by atoms with Crippen molar-refractivity contribution < 1.29 is 19.1 Å². The lowest BCUT2D eigenvalue weighted by Crippen LogP contribution is -2.27. The largest absolute Gasteiger partial charge is 0.497 e. The van der Waals surface area contributed by atoms with Gasteiger partial charge in [-0.25, -0.2) is 9.78 Å². The molecule has 0 bridgehead atoms. The topological polar surface area (TPSA) is 93.3 Å². The third-order valence-corrected chi connectivity index (χ3v) is 5.50. The minimum absolute atomic E-state index is 0.122. The van der Waals surface area contributed by atoms with E-state index in [0.29, 0.717) is 13.0 Å². The molecular formula is C25H25N3O4. The number of hydrogen-bond acceptors (Lipinski definition) is 5. The third-order valence-electron chi connectivity index (χ3n) is 5.50. The maximum atomic E-state index is 12.5. The highest BCUT2D eigenvalue weighted by atomic mass is 16.5. The molecule has 0 aliphatic rings. The molecule has 4 aromatic rings. The summed E-state index contributed by atoms with van der Waals surface area (Å²) in [5, 5.41) is 5.15. The van der Waals surface area contributed by atoms with E-state index in [1.807, 2.05) is 18.2 Å². The van der Waals surface area contributed by atoms with Crippen LogP contribution in [0.4, 0.5) is 0 Å². The molecule has 164 valence electrons. The van der Waals surface area contributed by atoms with Crippen LogP contribution in [0.3, 0.4) is 0 Å². The van der Waals surface area contributed by atoms with Gasteiger partial charge in [0.15, 0.2) is 0 Å². The van der Waals surface area contributed by atoms with E-state index in [-0.39, 0.29) is 23.9 Å². The number of nitrogens with zero attached hydrogens (tertiary/aromatic N) is 1. The van der Waals surface area contributed by atoms with Crippen LogP contribution in [-0.2, 0) is 11.2 Å². The van der Waals surface area contributed by atoms with Gasteiger partial charge in [0.25, 0.3) is 5.91 Å². The first-order valence-corrected chi connectivity index (χ1v) is 10.5. The zero-order valence-corrected chi connectivity index (χ0v) is 18.3. The molecule has 4 rings (SSSR count). The lowest BCUT2D eigenvalue weighted by Gasteiger charge is -2.09. The standard InChI is InChI=1S/C25H25N3O4/c1-4-32-25(30)22-7-5-6-21(27-22)24(29)26-13-12-16-8-10-18-19-14-17(31-3)9-11-20(19)28-23(18)15(16)2/h5-11,14,28H,4,12-13H2,1-3H3,(H,26,29). The number of fused-ring (bicyclic) bond motifs is 3. The van der Waals surface area contributed by atoms with Gasteiger partial charge in [-0.15, -0.1) is 0 Å². The number of benzene rings is 2. The molecule has 0 aliphatic heterocycles. The fraction of sp³-hybridized carbons (Fsp3) is 0.240. The molecule has 2 aromatic heterocycles. The summed E-state index contributed by atoms with van der Waals surface area (Å²) in [7, 11) is 1.66. The second-order valence-electron chi connectivity index (χ2n) is 7.44. The van der Waals surface area contributed by atoms with Crippen molar-refractivity contribution in [3.8, 4) is 5.75 Å². The number of ether oxygens (including phenoxy) is 2. The van der Waals surface area contributed by atoms with E-state index < -0.39 is 5.97 Å². The van der Waals surface area contributed by atoms with Gasteiger partial charge in [0.05, 0.1) is 13.7 Å². The molecule has 1 amide bonds. The van der Waals surface area contributed by atoms with Gasteiger partial charge in [-0.05, 0) is 61.7 Å². The zero-order chi connectivity index (χ0) is 22.7. The van der Waals surface area contributed by atoms with Gasteiger partial charge in [-0.3, -0.25) is 4.79 Å². The number of H-pyrrole nitrogens is 1. The van der Waals surface area contributed by atoms with E-state index in [1.54, 1.807) is 26.2 Å². The molecule has 0 saturated carbocycles. The predicted octanol–water partition coefficient (Wildman–Crippen LogP) is 4.18. The van der Waals surface area contributed by atoms with Gasteiger partial charge in [0.2, 0.25) is 0 Å². The maximum Gasteiger partial charge on any atom is 0.356 e.